The Bertz CT molecular complexity index is 1190. The fraction of sp³-hybridized carbons (Fsp3) is 0.136. The normalized spacial score (nSPS) is 11.8. The van der Waals surface area contributed by atoms with Crippen molar-refractivity contribution in [2.75, 3.05) is 0 Å². The van der Waals surface area contributed by atoms with Crippen molar-refractivity contribution in [3.05, 3.63) is 77.2 Å². The van der Waals surface area contributed by atoms with E-state index >= 15 is 0 Å². The molecular weight excluding hydrogens is 411 g/mol. The Balaban J connectivity index is 1.86. The van der Waals surface area contributed by atoms with Gasteiger partial charge in [-0.25, -0.2) is 9.07 Å². The van der Waals surface area contributed by atoms with Crippen molar-refractivity contribution in [2.45, 2.75) is 19.4 Å². The van der Waals surface area contributed by atoms with E-state index in [9.17, 15) is 14.6 Å². The predicted octanol–water partition coefficient (Wildman–Crippen LogP) is 5.99. The molecule has 4 rings (SSSR count). The first-order valence-corrected chi connectivity index (χ1v) is 10.1. The van der Waals surface area contributed by atoms with Gasteiger partial charge in [-0.2, -0.15) is 5.10 Å². The summed E-state index contributed by atoms with van der Waals surface area (Å²) in [5, 5.41) is 25.7. The summed E-state index contributed by atoms with van der Waals surface area (Å²) < 4.78 is 15.0. The molecule has 0 aliphatic heterocycles. The number of phenols is 1. The first-order valence-electron chi connectivity index (χ1n) is 8.91. The first-order chi connectivity index (χ1) is 13.7. The molecule has 4 aromatic rings. The monoisotopic (exact) mass is 428 g/mol. The predicted molar refractivity (Wildman–Crippen MR) is 114 cm³/mol. The summed E-state index contributed by atoms with van der Waals surface area (Å²) in [6.45, 7) is 3.35. The van der Waals surface area contributed by atoms with E-state index in [0.717, 1.165) is 21.5 Å². The van der Waals surface area contributed by atoms with Gasteiger partial charge in [0.1, 0.15) is 17.2 Å². The Hall–Kier alpha value is -2.67. The fourth-order valence-electron chi connectivity index (χ4n) is 3.00. The van der Waals surface area contributed by atoms with Crippen molar-refractivity contribution in [1.29, 1.82) is 0 Å². The maximum Gasteiger partial charge on any atom is 0.127 e. The lowest BCUT2D eigenvalue weighted by atomic mass is 10.1. The van der Waals surface area contributed by atoms with Crippen molar-refractivity contribution in [3.63, 3.8) is 0 Å². The van der Waals surface area contributed by atoms with Crippen LogP contribution in [0.2, 0.25) is 5.02 Å². The molecular formula is C22H18ClFN2O2S. The van der Waals surface area contributed by atoms with Crippen molar-refractivity contribution in [1.82, 2.24) is 9.78 Å². The van der Waals surface area contributed by atoms with E-state index in [2.05, 4.69) is 5.10 Å². The van der Waals surface area contributed by atoms with Crippen molar-refractivity contribution in [3.8, 4) is 32.4 Å². The van der Waals surface area contributed by atoms with E-state index in [1.165, 1.54) is 17.4 Å². The number of halogens is 2. The van der Waals surface area contributed by atoms with Gasteiger partial charge in [0.15, 0.2) is 0 Å². The van der Waals surface area contributed by atoms with Gasteiger partial charge >= 0.3 is 0 Å². The summed E-state index contributed by atoms with van der Waals surface area (Å²) in [6.07, 6.45) is 0. The summed E-state index contributed by atoms with van der Waals surface area (Å²) in [6, 6.07) is 16.9. The number of aromatic hydroxyl groups is 1. The minimum absolute atomic E-state index is 0.116. The quantitative estimate of drug-likeness (QED) is 0.419. The Morgan fingerprint density at radius 2 is 1.76 bits per heavy atom. The Morgan fingerprint density at radius 1 is 1.03 bits per heavy atom. The largest absolute Gasteiger partial charge is 0.507 e. The van der Waals surface area contributed by atoms with Crippen LogP contribution in [0.1, 0.15) is 19.5 Å². The minimum Gasteiger partial charge on any atom is -0.507 e. The molecule has 4 nitrogen and oxygen atoms in total. The van der Waals surface area contributed by atoms with E-state index in [1.807, 2.05) is 36.4 Å². The lowest BCUT2D eigenvalue weighted by molar-refractivity contribution is 0.0734. The molecule has 0 saturated heterocycles. The highest BCUT2D eigenvalue weighted by atomic mass is 35.5. The van der Waals surface area contributed by atoms with Gasteiger partial charge in [0.05, 0.1) is 27.0 Å². The molecule has 0 radical (unpaired) electrons. The van der Waals surface area contributed by atoms with Crippen LogP contribution in [0.25, 0.3) is 26.7 Å². The van der Waals surface area contributed by atoms with Crippen LogP contribution >= 0.6 is 22.9 Å². The molecule has 0 unspecified atom stereocenters. The van der Waals surface area contributed by atoms with Gasteiger partial charge in [-0.1, -0.05) is 23.7 Å². The molecule has 2 aromatic heterocycles. The number of hydrogen-bond donors (Lipinski definition) is 2. The van der Waals surface area contributed by atoms with Crippen LogP contribution in [0.5, 0.6) is 5.75 Å². The van der Waals surface area contributed by atoms with Crippen LogP contribution in [-0.4, -0.2) is 20.0 Å². The first kappa shape index (κ1) is 19.6. The summed E-state index contributed by atoms with van der Waals surface area (Å²) in [4.78, 5) is 1.65. The van der Waals surface area contributed by atoms with Crippen LogP contribution in [-0.2, 0) is 5.60 Å². The van der Waals surface area contributed by atoms with Gasteiger partial charge < -0.3 is 10.2 Å². The second-order valence-corrected chi connectivity index (χ2v) is 8.65. The molecule has 0 atom stereocenters. The highest BCUT2D eigenvalue weighted by Gasteiger charge is 2.24. The van der Waals surface area contributed by atoms with Gasteiger partial charge in [-0.15, -0.1) is 11.3 Å². The molecule has 2 heterocycles. The molecule has 0 saturated carbocycles. The van der Waals surface area contributed by atoms with Gasteiger partial charge in [0.25, 0.3) is 0 Å². The summed E-state index contributed by atoms with van der Waals surface area (Å²) in [5.74, 6) is -0.607. The average Bonchev–Trinajstić information content (AvgIpc) is 3.28. The van der Waals surface area contributed by atoms with Gasteiger partial charge in [-0.3, -0.25) is 0 Å². The number of nitrogens with zero attached hydrogens (tertiary/aromatic N) is 2. The molecule has 148 valence electrons. The molecule has 0 aliphatic rings. The van der Waals surface area contributed by atoms with E-state index < -0.39 is 11.4 Å². The number of para-hydroxylation sites is 1. The molecule has 29 heavy (non-hydrogen) atoms. The smallest absolute Gasteiger partial charge is 0.127 e. The van der Waals surface area contributed by atoms with Gasteiger partial charge in [0, 0.05) is 16.5 Å². The second-order valence-electron chi connectivity index (χ2n) is 7.16. The molecule has 0 aliphatic carbocycles. The summed E-state index contributed by atoms with van der Waals surface area (Å²) in [7, 11) is 0. The molecule has 0 fully saturated rings. The maximum absolute atomic E-state index is 13.3. The Kier molecular flexibility index (Phi) is 4.94. The summed E-state index contributed by atoms with van der Waals surface area (Å²) in [5.41, 5.74) is 1.38. The molecule has 2 N–H and O–H groups in total. The topological polar surface area (TPSA) is 58.3 Å². The van der Waals surface area contributed by atoms with Crippen molar-refractivity contribution >= 4 is 22.9 Å². The molecule has 0 spiro atoms. The zero-order valence-corrected chi connectivity index (χ0v) is 17.3. The number of aliphatic hydroxyl groups is 1. The zero-order valence-electron chi connectivity index (χ0n) is 15.7. The van der Waals surface area contributed by atoms with Crippen LogP contribution in [0.4, 0.5) is 4.39 Å². The summed E-state index contributed by atoms with van der Waals surface area (Å²) >= 11 is 7.82. The average molecular weight is 429 g/mol. The van der Waals surface area contributed by atoms with Gasteiger partial charge in [0.2, 0.25) is 0 Å². The Labute approximate surface area is 176 Å². The van der Waals surface area contributed by atoms with Crippen LogP contribution in [0, 0.1) is 5.82 Å². The number of aromatic nitrogens is 2. The Morgan fingerprint density at radius 3 is 2.45 bits per heavy atom. The molecule has 2 aromatic carbocycles. The third-order valence-corrected chi connectivity index (χ3v) is 5.96. The molecule has 7 heteroatoms. The maximum atomic E-state index is 13.3. The van der Waals surface area contributed by atoms with E-state index in [1.54, 1.807) is 30.7 Å². The van der Waals surface area contributed by atoms with E-state index in [4.69, 9.17) is 11.6 Å². The van der Waals surface area contributed by atoms with Crippen LogP contribution in [0.15, 0.2) is 60.7 Å². The number of hydrogen-bond acceptors (Lipinski definition) is 4. The fourth-order valence-corrected chi connectivity index (χ4v) is 4.25. The number of thiophene rings is 1. The SMILES string of the molecule is CC(C)(O)c1cc(-c2ccc(-c3ccc(F)cc3O)s2)n(-c2ccccc2Cl)n1. The van der Waals surface area contributed by atoms with E-state index in [0.29, 0.717) is 22.0 Å². The number of benzene rings is 2. The zero-order chi connectivity index (χ0) is 20.8. The lowest BCUT2D eigenvalue weighted by Gasteiger charge is -2.13. The third kappa shape index (κ3) is 3.79. The number of phenolic OH excluding ortho intramolecular Hbond substituents is 1. The molecule has 0 bridgehead atoms. The lowest BCUT2D eigenvalue weighted by Crippen LogP contribution is -2.16. The molecule has 0 amide bonds. The third-order valence-electron chi connectivity index (χ3n) is 4.50. The minimum atomic E-state index is -1.13. The van der Waals surface area contributed by atoms with E-state index in [-0.39, 0.29) is 5.75 Å². The highest BCUT2D eigenvalue weighted by molar-refractivity contribution is 7.18. The van der Waals surface area contributed by atoms with Crippen LogP contribution in [0.3, 0.4) is 0 Å². The second kappa shape index (κ2) is 7.30. The standard InChI is InChI=1S/C22H18ClFN2O2S/c1-22(2,28)21-12-17(26(25-21)16-6-4-3-5-15(16)23)20-10-9-19(29-20)14-8-7-13(24)11-18(14)27/h3-12,27-28H,1-2H3. The van der Waals surface area contributed by atoms with Crippen molar-refractivity contribution in [2.24, 2.45) is 0 Å². The number of rotatable bonds is 4. The van der Waals surface area contributed by atoms with Crippen LogP contribution < -0.4 is 0 Å². The van der Waals surface area contributed by atoms with Crippen molar-refractivity contribution < 1.29 is 14.6 Å². The highest BCUT2D eigenvalue weighted by Crippen LogP contribution is 2.40. The van der Waals surface area contributed by atoms with Gasteiger partial charge in [-0.05, 0) is 56.3 Å².